The lowest BCUT2D eigenvalue weighted by molar-refractivity contribution is 0.475. The van der Waals surface area contributed by atoms with Crippen molar-refractivity contribution in [3.8, 4) is 0 Å². The molecule has 1 fully saturated rings. The first kappa shape index (κ1) is 15.5. The summed E-state index contributed by atoms with van der Waals surface area (Å²) in [6.45, 7) is 7.43. The van der Waals surface area contributed by atoms with Gasteiger partial charge in [-0.25, -0.2) is 13.1 Å². The van der Waals surface area contributed by atoms with Crippen molar-refractivity contribution in [3.05, 3.63) is 18.0 Å². The molecule has 6 heteroatoms. The summed E-state index contributed by atoms with van der Waals surface area (Å²) >= 11 is 0. The highest BCUT2D eigenvalue weighted by atomic mass is 32.2. The van der Waals surface area contributed by atoms with Crippen molar-refractivity contribution < 1.29 is 8.42 Å². The Morgan fingerprint density at radius 2 is 2.10 bits per heavy atom. The van der Waals surface area contributed by atoms with Gasteiger partial charge in [-0.15, -0.1) is 0 Å². The molecule has 5 nitrogen and oxygen atoms in total. The van der Waals surface area contributed by atoms with Crippen LogP contribution < -0.4 is 10.0 Å². The highest BCUT2D eigenvalue weighted by Crippen LogP contribution is 2.48. The van der Waals surface area contributed by atoms with Crippen LogP contribution >= 0.6 is 0 Å². The van der Waals surface area contributed by atoms with Crippen LogP contribution in [0.1, 0.15) is 45.7 Å². The van der Waals surface area contributed by atoms with Crippen LogP contribution in [-0.2, 0) is 16.6 Å². The van der Waals surface area contributed by atoms with Crippen molar-refractivity contribution in [2.75, 3.05) is 6.54 Å². The first-order chi connectivity index (χ1) is 9.37. The number of hydrogen-bond acceptors (Lipinski definition) is 3. The third kappa shape index (κ3) is 3.84. The van der Waals surface area contributed by atoms with Crippen LogP contribution in [0.25, 0.3) is 0 Å². The van der Waals surface area contributed by atoms with Gasteiger partial charge in [0.1, 0.15) is 0 Å². The number of nitrogens with one attached hydrogen (secondary N) is 3. The molecule has 3 N–H and O–H groups in total. The van der Waals surface area contributed by atoms with Crippen LogP contribution in [0.2, 0.25) is 0 Å². The van der Waals surface area contributed by atoms with Gasteiger partial charge in [-0.05, 0) is 30.7 Å². The molecule has 0 amide bonds. The molecule has 1 aromatic heterocycles. The minimum Gasteiger partial charge on any atom is -0.363 e. The predicted octanol–water partition coefficient (Wildman–Crippen LogP) is 1.98. The van der Waals surface area contributed by atoms with Crippen LogP contribution in [0.3, 0.4) is 0 Å². The summed E-state index contributed by atoms with van der Waals surface area (Å²) in [5.41, 5.74) is 1.10. The number of H-pyrrole nitrogens is 1. The lowest BCUT2D eigenvalue weighted by atomic mass is 10.1. The van der Waals surface area contributed by atoms with Gasteiger partial charge in [-0.2, -0.15) is 0 Å². The Morgan fingerprint density at radius 3 is 2.65 bits per heavy atom. The van der Waals surface area contributed by atoms with Crippen molar-refractivity contribution in [1.82, 2.24) is 15.0 Å². The third-order valence-electron chi connectivity index (χ3n) is 4.07. The minimum atomic E-state index is -3.39. The molecule has 20 heavy (non-hydrogen) atoms. The molecule has 1 saturated carbocycles. The summed E-state index contributed by atoms with van der Waals surface area (Å²) in [4.78, 5) is 3.34. The molecule has 1 aliphatic carbocycles. The van der Waals surface area contributed by atoms with Gasteiger partial charge in [0.25, 0.3) is 0 Å². The van der Waals surface area contributed by atoms with Crippen LogP contribution in [0, 0.1) is 5.41 Å². The van der Waals surface area contributed by atoms with E-state index in [9.17, 15) is 8.42 Å². The molecular weight excluding hydrogens is 274 g/mol. The van der Waals surface area contributed by atoms with E-state index in [1.165, 1.54) is 0 Å². The smallest absolute Gasteiger partial charge is 0.242 e. The Hall–Kier alpha value is -0.850. The van der Waals surface area contributed by atoms with Crippen LogP contribution in [-0.4, -0.2) is 26.0 Å². The summed E-state index contributed by atoms with van der Waals surface area (Å²) in [5.74, 6) is 0. The SMILES string of the molecule is CCC1(CNS(=O)(=O)c2c[nH]c(CNC(C)C)c2)CC1. The number of hydrogen-bond donors (Lipinski definition) is 3. The van der Waals surface area contributed by atoms with Crippen molar-refractivity contribution in [3.63, 3.8) is 0 Å². The van der Waals surface area contributed by atoms with Gasteiger partial charge in [-0.3, -0.25) is 0 Å². The monoisotopic (exact) mass is 299 g/mol. The van der Waals surface area contributed by atoms with E-state index in [0.29, 0.717) is 24.0 Å². The number of rotatable bonds is 8. The molecule has 0 saturated heterocycles. The largest absolute Gasteiger partial charge is 0.363 e. The fourth-order valence-electron chi connectivity index (χ4n) is 2.15. The van der Waals surface area contributed by atoms with Gasteiger partial charge in [0.2, 0.25) is 10.0 Å². The molecule has 0 spiro atoms. The molecule has 0 unspecified atom stereocenters. The summed E-state index contributed by atoms with van der Waals surface area (Å²) < 4.78 is 27.2. The van der Waals surface area contributed by atoms with E-state index in [-0.39, 0.29) is 5.41 Å². The summed E-state index contributed by atoms with van der Waals surface area (Å²) in [6, 6.07) is 2.07. The first-order valence-electron chi connectivity index (χ1n) is 7.27. The van der Waals surface area contributed by atoms with Gasteiger partial charge in [0.05, 0.1) is 4.90 Å². The van der Waals surface area contributed by atoms with E-state index >= 15 is 0 Å². The summed E-state index contributed by atoms with van der Waals surface area (Å²) in [5, 5.41) is 3.26. The quantitative estimate of drug-likeness (QED) is 0.687. The number of aromatic amines is 1. The van der Waals surface area contributed by atoms with Crippen LogP contribution in [0.4, 0.5) is 0 Å². The average Bonchev–Trinajstić information content (AvgIpc) is 3.02. The minimum absolute atomic E-state index is 0.214. The van der Waals surface area contributed by atoms with Crippen molar-refractivity contribution in [2.24, 2.45) is 5.41 Å². The van der Waals surface area contributed by atoms with E-state index in [4.69, 9.17) is 0 Å². The second-order valence-corrected chi connectivity index (χ2v) is 7.84. The zero-order chi connectivity index (χ0) is 14.8. The second kappa shape index (κ2) is 5.87. The molecule has 0 atom stereocenters. The van der Waals surface area contributed by atoms with Gasteiger partial charge < -0.3 is 10.3 Å². The fraction of sp³-hybridized carbons (Fsp3) is 0.714. The fourth-order valence-corrected chi connectivity index (χ4v) is 3.33. The zero-order valence-corrected chi connectivity index (χ0v) is 13.3. The molecule has 0 aliphatic heterocycles. The summed E-state index contributed by atoms with van der Waals surface area (Å²) in [6.07, 6.45) is 4.85. The van der Waals surface area contributed by atoms with Crippen molar-refractivity contribution in [1.29, 1.82) is 0 Å². The molecule has 0 radical (unpaired) electrons. The third-order valence-corrected chi connectivity index (χ3v) is 5.45. The van der Waals surface area contributed by atoms with Crippen LogP contribution in [0.15, 0.2) is 17.2 Å². The van der Waals surface area contributed by atoms with Crippen molar-refractivity contribution >= 4 is 10.0 Å². The Morgan fingerprint density at radius 1 is 1.40 bits per heavy atom. The van der Waals surface area contributed by atoms with E-state index in [1.807, 2.05) is 0 Å². The molecule has 1 aromatic rings. The van der Waals surface area contributed by atoms with Gasteiger partial charge >= 0.3 is 0 Å². The van der Waals surface area contributed by atoms with Gasteiger partial charge in [-0.1, -0.05) is 20.8 Å². The van der Waals surface area contributed by atoms with E-state index in [2.05, 4.69) is 35.8 Å². The highest BCUT2D eigenvalue weighted by molar-refractivity contribution is 7.89. The predicted molar refractivity (Wildman–Crippen MR) is 79.9 cm³/mol. The van der Waals surface area contributed by atoms with Gasteiger partial charge in [0.15, 0.2) is 0 Å². The maximum Gasteiger partial charge on any atom is 0.242 e. The van der Waals surface area contributed by atoms with Crippen LogP contribution in [0.5, 0.6) is 0 Å². The van der Waals surface area contributed by atoms with E-state index < -0.39 is 10.0 Å². The first-order valence-corrected chi connectivity index (χ1v) is 8.75. The van der Waals surface area contributed by atoms with Crippen molar-refractivity contribution in [2.45, 2.75) is 57.5 Å². The Kier molecular flexibility index (Phi) is 4.56. The lowest BCUT2D eigenvalue weighted by Crippen LogP contribution is -2.29. The topological polar surface area (TPSA) is 74.0 Å². The Labute approximate surface area is 121 Å². The maximum atomic E-state index is 12.2. The van der Waals surface area contributed by atoms with Gasteiger partial charge in [0, 0.05) is 31.0 Å². The zero-order valence-electron chi connectivity index (χ0n) is 12.5. The highest BCUT2D eigenvalue weighted by Gasteiger charge is 2.41. The lowest BCUT2D eigenvalue weighted by Gasteiger charge is -2.12. The standard InChI is InChI=1S/C14H25N3O2S/c1-4-14(5-6-14)10-17-20(18,19)13-7-12(16-9-13)8-15-11(2)3/h7,9,11,15-17H,4-6,8,10H2,1-3H3. The second-order valence-electron chi connectivity index (χ2n) is 6.07. The molecule has 1 aliphatic rings. The Balaban J connectivity index is 1.95. The molecule has 2 rings (SSSR count). The molecule has 1 heterocycles. The number of aromatic nitrogens is 1. The normalized spacial score (nSPS) is 17.6. The Bertz CT molecular complexity index is 545. The maximum absolute atomic E-state index is 12.2. The van der Waals surface area contributed by atoms with E-state index in [1.54, 1.807) is 12.3 Å². The molecule has 114 valence electrons. The molecular formula is C14H25N3O2S. The molecule has 0 aromatic carbocycles. The molecule has 0 bridgehead atoms. The number of sulfonamides is 1. The average molecular weight is 299 g/mol. The summed E-state index contributed by atoms with van der Waals surface area (Å²) in [7, 11) is -3.39. The van der Waals surface area contributed by atoms with E-state index in [0.717, 1.165) is 25.0 Å².